The van der Waals surface area contributed by atoms with Crippen molar-refractivity contribution in [1.29, 1.82) is 0 Å². The summed E-state index contributed by atoms with van der Waals surface area (Å²) in [4.78, 5) is 14.8. The smallest absolute Gasteiger partial charge is 0.243 e. The molecule has 7 nitrogen and oxygen atoms in total. The normalized spacial score (nSPS) is 24.8. The van der Waals surface area contributed by atoms with E-state index in [0.29, 0.717) is 36.8 Å². The summed E-state index contributed by atoms with van der Waals surface area (Å²) in [7, 11) is -4.35. The Balaban J connectivity index is 1.71. The molecule has 0 saturated carbocycles. The van der Waals surface area contributed by atoms with Crippen LogP contribution in [0, 0.1) is 6.92 Å². The first-order valence-corrected chi connectivity index (χ1v) is 12.7. The number of hydrogen-bond donors (Lipinski definition) is 1. The first-order chi connectivity index (χ1) is 13.3. The van der Waals surface area contributed by atoms with E-state index in [1.807, 2.05) is 18.7 Å². The van der Waals surface area contributed by atoms with Gasteiger partial charge in [0.15, 0.2) is 0 Å². The fourth-order valence-corrected chi connectivity index (χ4v) is 6.55. The number of aryl methyl sites for hydroxylation is 1. The number of rotatable bonds is 5. The minimum Gasteiger partial charge on any atom is -0.325 e. The lowest BCUT2D eigenvalue weighted by Gasteiger charge is -2.32. The summed E-state index contributed by atoms with van der Waals surface area (Å²) in [6.45, 7) is 5.75. The van der Waals surface area contributed by atoms with E-state index in [-0.39, 0.29) is 23.4 Å². The fraction of sp³-hybridized carbons (Fsp3) is 0.632. The molecule has 2 atom stereocenters. The Labute approximate surface area is 170 Å². The van der Waals surface area contributed by atoms with Crippen molar-refractivity contribution in [2.75, 3.05) is 43.0 Å². The van der Waals surface area contributed by atoms with Crippen LogP contribution in [0.5, 0.6) is 0 Å². The molecule has 2 unspecified atom stereocenters. The Morgan fingerprint density at radius 1 is 1.21 bits per heavy atom. The second kappa shape index (κ2) is 9.02. The second-order valence-electron chi connectivity index (χ2n) is 7.62. The van der Waals surface area contributed by atoms with Crippen molar-refractivity contribution in [2.24, 2.45) is 0 Å². The van der Waals surface area contributed by atoms with Gasteiger partial charge >= 0.3 is 0 Å². The number of piperidine rings is 1. The molecule has 156 valence electrons. The molecule has 3 rings (SSSR count). The van der Waals surface area contributed by atoms with Crippen LogP contribution in [-0.2, 0) is 25.6 Å². The van der Waals surface area contributed by atoms with Crippen LogP contribution in [-0.4, -0.2) is 71.5 Å². The maximum atomic E-state index is 12.9. The van der Waals surface area contributed by atoms with E-state index >= 15 is 0 Å². The third kappa shape index (κ3) is 5.00. The van der Waals surface area contributed by atoms with Gasteiger partial charge in [0.25, 0.3) is 0 Å². The van der Waals surface area contributed by atoms with E-state index in [1.165, 1.54) is 4.31 Å². The van der Waals surface area contributed by atoms with Gasteiger partial charge in [0.05, 0.1) is 11.4 Å². The third-order valence-electron chi connectivity index (χ3n) is 5.44. The number of anilines is 1. The predicted molar refractivity (Wildman–Crippen MR) is 111 cm³/mol. The van der Waals surface area contributed by atoms with Gasteiger partial charge in [-0.15, -0.1) is 0 Å². The highest BCUT2D eigenvalue weighted by atomic mass is 32.2. The molecule has 0 aliphatic carbocycles. The highest BCUT2D eigenvalue weighted by Gasteiger charge is 2.27. The Morgan fingerprint density at radius 3 is 2.61 bits per heavy atom. The molecule has 0 bridgehead atoms. The lowest BCUT2D eigenvalue weighted by molar-refractivity contribution is -0.117. The maximum absolute atomic E-state index is 12.9. The average molecular weight is 428 g/mol. The Morgan fingerprint density at radius 2 is 1.93 bits per heavy atom. The minimum atomic E-state index is -3.54. The van der Waals surface area contributed by atoms with Crippen LogP contribution in [0.25, 0.3) is 0 Å². The maximum Gasteiger partial charge on any atom is 0.243 e. The standard InChI is InChI=1S/C19H29N3O4S2/c1-15-6-7-17(28(25,26)22-8-4-3-5-9-22)12-18(15)20-19(23)13-21-10-11-27(24)14-16(21)2/h6-7,12,16H,3-5,8-11,13-14H2,1-2H3,(H,20,23). The molecule has 1 N–H and O–H groups in total. The van der Waals surface area contributed by atoms with Gasteiger partial charge in [-0.05, 0) is 44.4 Å². The molecule has 0 aromatic heterocycles. The molecule has 0 spiro atoms. The van der Waals surface area contributed by atoms with E-state index in [4.69, 9.17) is 0 Å². The summed E-state index contributed by atoms with van der Waals surface area (Å²) in [6.07, 6.45) is 2.82. The molecule has 28 heavy (non-hydrogen) atoms. The first kappa shape index (κ1) is 21.4. The molecular formula is C19H29N3O4S2. The van der Waals surface area contributed by atoms with Gasteiger partial charge in [-0.1, -0.05) is 12.5 Å². The monoisotopic (exact) mass is 427 g/mol. The van der Waals surface area contributed by atoms with Crippen molar-refractivity contribution < 1.29 is 17.4 Å². The molecular weight excluding hydrogens is 398 g/mol. The van der Waals surface area contributed by atoms with Crippen LogP contribution in [0.15, 0.2) is 23.1 Å². The Bertz CT molecular complexity index is 851. The van der Waals surface area contributed by atoms with Crippen molar-refractivity contribution in [1.82, 2.24) is 9.21 Å². The third-order valence-corrected chi connectivity index (χ3v) is 8.83. The molecule has 1 aromatic rings. The van der Waals surface area contributed by atoms with E-state index < -0.39 is 20.8 Å². The van der Waals surface area contributed by atoms with Crippen LogP contribution >= 0.6 is 0 Å². The van der Waals surface area contributed by atoms with E-state index in [0.717, 1.165) is 24.8 Å². The Hall–Kier alpha value is -1.29. The highest BCUT2D eigenvalue weighted by molar-refractivity contribution is 7.89. The van der Waals surface area contributed by atoms with Crippen LogP contribution in [0.3, 0.4) is 0 Å². The van der Waals surface area contributed by atoms with Gasteiger partial charge in [-0.3, -0.25) is 13.9 Å². The van der Waals surface area contributed by atoms with Crippen molar-refractivity contribution in [2.45, 2.75) is 44.0 Å². The molecule has 1 aromatic carbocycles. The van der Waals surface area contributed by atoms with Crippen LogP contribution in [0.1, 0.15) is 31.7 Å². The molecule has 1 amide bonds. The zero-order chi connectivity index (χ0) is 20.3. The molecule has 2 heterocycles. The molecule has 2 aliphatic heterocycles. The summed E-state index contributed by atoms with van der Waals surface area (Å²) >= 11 is 0. The van der Waals surface area contributed by atoms with Crippen molar-refractivity contribution in [3.8, 4) is 0 Å². The van der Waals surface area contributed by atoms with Crippen LogP contribution in [0.2, 0.25) is 0 Å². The zero-order valence-corrected chi connectivity index (χ0v) is 18.2. The molecule has 2 saturated heterocycles. The fourth-order valence-electron chi connectivity index (χ4n) is 3.66. The number of carbonyl (C=O) groups is 1. The van der Waals surface area contributed by atoms with E-state index in [9.17, 15) is 17.4 Å². The number of hydrogen-bond acceptors (Lipinski definition) is 5. The highest BCUT2D eigenvalue weighted by Crippen LogP contribution is 2.25. The van der Waals surface area contributed by atoms with Gasteiger partial charge in [0, 0.05) is 53.7 Å². The largest absolute Gasteiger partial charge is 0.325 e. The minimum absolute atomic E-state index is 0.0900. The van der Waals surface area contributed by atoms with Gasteiger partial charge in [-0.2, -0.15) is 4.31 Å². The van der Waals surface area contributed by atoms with Crippen molar-refractivity contribution in [3.05, 3.63) is 23.8 Å². The number of carbonyl (C=O) groups excluding carboxylic acids is 1. The summed E-state index contributed by atoms with van der Waals surface area (Å²) < 4.78 is 39.0. The van der Waals surface area contributed by atoms with E-state index in [2.05, 4.69) is 5.32 Å². The SMILES string of the molecule is Cc1ccc(S(=O)(=O)N2CCCCC2)cc1NC(=O)CN1CCS(=O)CC1C. The lowest BCUT2D eigenvalue weighted by atomic mass is 10.2. The van der Waals surface area contributed by atoms with Gasteiger partial charge < -0.3 is 5.32 Å². The molecule has 2 fully saturated rings. The number of benzene rings is 1. The summed E-state index contributed by atoms with van der Waals surface area (Å²) in [5.74, 6) is 0.978. The molecule has 9 heteroatoms. The van der Waals surface area contributed by atoms with Gasteiger partial charge in [-0.25, -0.2) is 8.42 Å². The Kier molecular flexibility index (Phi) is 6.90. The van der Waals surface area contributed by atoms with Crippen LogP contribution < -0.4 is 5.32 Å². The molecule has 2 aliphatic rings. The predicted octanol–water partition coefficient (Wildman–Crippen LogP) is 1.56. The van der Waals surface area contributed by atoms with Crippen molar-refractivity contribution in [3.63, 3.8) is 0 Å². The van der Waals surface area contributed by atoms with Gasteiger partial charge in [0.1, 0.15) is 0 Å². The average Bonchev–Trinajstić information content (AvgIpc) is 2.66. The summed E-state index contributed by atoms with van der Waals surface area (Å²) in [5, 5.41) is 2.87. The van der Waals surface area contributed by atoms with Crippen LogP contribution in [0.4, 0.5) is 5.69 Å². The summed E-state index contributed by atoms with van der Waals surface area (Å²) in [6, 6.07) is 4.99. The van der Waals surface area contributed by atoms with Crippen molar-refractivity contribution >= 4 is 32.4 Å². The number of nitrogens with one attached hydrogen (secondary N) is 1. The molecule has 0 radical (unpaired) electrons. The second-order valence-corrected chi connectivity index (χ2v) is 11.2. The van der Waals surface area contributed by atoms with E-state index in [1.54, 1.807) is 18.2 Å². The number of sulfonamides is 1. The zero-order valence-electron chi connectivity index (χ0n) is 16.5. The topological polar surface area (TPSA) is 86.8 Å². The summed E-state index contributed by atoms with van der Waals surface area (Å²) in [5.41, 5.74) is 1.34. The first-order valence-electron chi connectivity index (χ1n) is 9.77. The quantitative estimate of drug-likeness (QED) is 0.771. The van der Waals surface area contributed by atoms with Gasteiger partial charge in [0.2, 0.25) is 15.9 Å². The number of nitrogens with zero attached hydrogens (tertiary/aromatic N) is 2. The lowest BCUT2D eigenvalue weighted by Crippen LogP contribution is -2.48. The number of amides is 1.